The maximum Gasteiger partial charge on any atom is 0.254 e. The summed E-state index contributed by atoms with van der Waals surface area (Å²) < 4.78 is 7.60. The average molecular weight is 339 g/mol. The van der Waals surface area contributed by atoms with Crippen molar-refractivity contribution in [2.24, 2.45) is 5.92 Å². The van der Waals surface area contributed by atoms with Crippen LogP contribution in [0, 0.1) is 19.8 Å². The van der Waals surface area contributed by atoms with Crippen LogP contribution in [0.4, 0.5) is 5.82 Å². The first kappa shape index (κ1) is 15.7. The van der Waals surface area contributed by atoms with Gasteiger partial charge in [0, 0.05) is 30.9 Å². The van der Waals surface area contributed by atoms with Crippen molar-refractivity contribution >= 4 is 11.6 Å². The van der Waals surface area contributed by atoms with Gasteiger partial charge in [0.1, 0.15) is 12.1 Å². The fourth-order valence-electron chi connectivity index (χ4n) is 3.13. The summed E-state index contributed by atoms with van der Waals surface area (Å²) in [5.41, 5.74) is 1.85. The van der Waals surface area contributed by atoms with Crippen molar-refractivity contribution in [2.45, 2.75) is 26.7 Å². The Morgan fingerprint density at radius 1 is 1.12 bits per heavy atom. The number of aromatic nitrogens is 6. The molecule has 0 bridgehead atoms. The van der Waals surface area contributed by atoms with E-state index in [0.29, 0.717) is 24.2 Å². The molecule has 0 aromatic carbocycles. The molecule has 1 aliphatic rings. The monoisotopic (exact) mass is 339 g/mol. The molecule has 0 aliphatic carbocycles. The zero-order valence-electron chi connectivity index (χ0n) is 14.5. The van der Waals surface area contributed by atoms with Gasteiger partial charge >= 0.3 is 0 Å². The van der Waals surface area contributed by atoms with Crippen LogP contribution in [0.2, 0.25) is 0 Å². The third kappa shape index (κ3) is 3.38. The second-order valence-electron chi connectivity index (χ2n) is 6.48. The number of ether oxygens (including phenoxy) is 1. The smallest absolute Gasteiger partial charge is 0.254 e. The number of aryl methyl sites for hydroxylation is 2. The molecular weight excluding hydrogens is 318 g/mol. The average Bonchev–Trinajstić information content (AvgIpc) is 3.09. The van der Waals surface area contributed by atoms with Gasteiger partial charge in [0.05, 0.1) is 12.3 Å². The van der Waals surface area contributed by atoms with Crippen molar-refractivity contribution < 1.29 is 4.74 Å². The Morgan fingerprint density at radius 3 is 2.72 bits per heavy atom. The number of fused-ring (bicyclic) bond motifs is 1. The van der Waals surface area contributed by atoms with E-state index in [-0.39, 0.29) is 0 Å². The molecule has 1 saturated heterocycles. The molecule has 0 unspecified atom stereocenters. The van der Waals surface area contributed by atoms with Gasteiger partial charge in [-0.1, -0.05) is 0 Å². The SMILES string of the molecule is Cc1ccc(OCC2CCN(c3cc(C)nc4ncnn34)CC2)nn1. The van der Waals surface area contributed by atoms with E-state index in [1.54, 1.807) is 6.33 Å². The highest BCUT2D eigenvalue weighted by Crippen LogP contribution is 2.24. The van der Waals surface area contributed by atoms with Crippen LogP contribution in [0.5, 0.6) is 5.88 Å². The van der Waals surface area contributed by atoms with Crippen molar-refractivity contribution in [1.82, 2.24) is 29.8 Å². The third-order valence-corrected chi connectivity index (χ3v) is 4.54. The highest BCUT2D eigenvalue weighted by Gasteiger charge is 2.22. The van der Waals surface area contributed by atoms with Crippen molar-refractivity contribution in [3.05, 3.63) is 35.9 Å². The highest BCUT2D eigenvalue weighted by atomic mass is 16.5. The van der Waals surface area contributed by atoms with Gasteiger partial charge in [-0.2, -0.15) is 19.7 Å². The molecule has 1 fully saturated rings. The van der Waals surface area contributed by atoms with Crippen molar-refractivity contribution in [1.29, 1.82) is 0 Å². The highest BCUT2D eigenvalue weighted by molar-refractivity contribution is 5.47. The lowest BCUT2D eigenvalue weighted by molar-refractivity contribution is 0.214. The minimum absolute atomic E-state index is 0.522. The Kier molecular flexibility index (Phi) is 4.17. The summed E-state index contributed by atoms with van der Waals surface area (Å²) in [7, 11) is 0. The Morgan fingerprint density at radius 2 is 1.96 bits per heavy atom. The van der Waals surface area contributed by atoms with E-state index >= 15 is 0 Å². The van der Waals surface area contributed by atoms with E-state index in [0.717, 1.165) is 43.1 Å². The summed E-state index contributed by atoms with van der Waals surface area (Å²) in [6, 6.07) is 5.86. The van der Waals surface area contributed by atoms with E-state index in [1.807, 2.05) is 30.5 Å². The molecule has 0 spiro atoms. The maximum atomic E-state index is 5.79. The second-order valence-corrected chi connectivity index (χ2v) is 6.48. The van der Waals surface area contributed by atoms with Gasteiger partial charge in [0.25, 0.3) is 5.78 Å². The molecule has 0 atom stereocenters. The molecule has 0 N–H and O–H groups in total. The van der Waals surface area contributed by atoms with E-state index in [1.165, 1.54) is 0 Å². The van der Waals surface area contributed by atoms with Gasteiger partial charge in [-0.05, 0) is 38.7 Å². The van der Waals surface area contributed by atoms with Crippen LogP contribution in [-0.4, -0.2) is 49.5 Å². The molecule has 130 valence electrons. The zero-order chi connectivity index (χ0) is 17.2. The minimum Gasteiger partial charge on any atom is -0.476 e. The van der Waals surface area contributed by atoms with Crippen LogP contribution in [-0.2, 0) is 0 Å². The number of anilines is 1. The lowest BCUT2D eigenvalue weighted by atomic mass is 9.98. The molecule has 25 heavy (non-hydrogen) atoms. The third-order valence-electron chi connectivity index (χ3n) is 4.54. The summed E-state index contributed by atoms with van der Waals surface area (Å²) in [5, 5.41) is 12.4. The van der Waals surface area contributed by atoms with E-state index in [9.17, 15) is 0 Å². The molecule has 3 aromatic heterocycles. The van der Waals surface area contributed by atoms with Gasteiger partial charge in [-0.15, -0.1) is 5.10 Å². The molecule has 3 aromatic rings. The van der Waals surface area contributed by atoms with Crippen molar-refractivity contribution in [2.75, 3.05) is 24.6 Å². The molecule has 0 saturated carbocycles. The predicted octanol–water partition coefficient (Wildman–Crippen LogP) is 1.83. The second kappa shape index (κ2) is 6.62. The summed E-state index contributed by atoms with van der Waals surface area (Å²) in [6.07, 6.45) is 3.68. The lowest BCUT2D eigenvalue weighted by Gasteiger charge is -2.33. The number of nitrogens with zero attached hydrogens (tertiary/aromatic N) is 7. The van der Waals surface area contributed by atoms with Gasteiger partial charge in [-0.3, -0.25) is 0 Å². The van der Waals surface area contributed by atoms with Crippen LogP contribution in [0.25, 0.3) is 5.78 Å². The normalized spacial score (nSPS) is 15.7. The van der Waals surface area contributed by atoms with Gasteiger partial charge in [-0.25, -0.2) is 4.98 Å². The summed E-state index contributed by atoms with van der Waals surface area (Å²) >= 11 is 0. The van der Waals surface area contributed by atoms with Gasteiger partial charge < -0.3 is 9.64 Å². The Bertz CT molecular complexity index is 853. The van der Waals surface area contributed by atoms with E-state index in [2.05, 4.69) is 36.2 Å². The topological polar surface area (TPSA) is 81.3 Å². The molecule has 1 aliphatic heterocycles. The zero-order valence-corrected chi connectivity index (χ0v) is 14.5. The Balaban J connectivity index is 1.38. The molecule has 8 heteroatoms. The number of hydrogen-bond acceptors (Lipinski definition) is 7. The lowest BCUT2D eigenvalue weighted by Crippen LogP contribution is -2.36. The molecule has 0 amide bonds. The first-order chi connectivity index (χ1) is 12.2. The molecule has 4 rings (SSSR count). The molecular formula is C17H21N7O. The van der Waals surface area contributed by atoms with E-state index in [4.69, 9.17) is 4.74 Å². The molecule has 0 radical (unpaired) electrons. The van der Waals surface area contributed by atoms with Crippen LogP contribution < -0.4 is 9.64 Å². The van der Waals surface area contributed by atoms with E-state index < -0.39 is 0 Å². The first-order valence-corrected chi connectivity index (χ1v) is 8.54. The standard InChI is InChI=1S/C17H21N7O/c1-12-3-4-15(22-21-12)25-10-14-5-7-23(8-6-14)16-9-13(2)20-17-18-11-19-24(16)17/h3-4,9,11,14H,5-8,10H2,1-2H3. The number of rotatable bonds is 4. The van der Waals surface area contributed by atoms with Crippen molar-refractivity contribution in [3.63, 3.8) is 0 Å². The number of piperidine rings is 1. The fraction of sp³-hybridized carbons (Fsp3) is 0.471. The van der Waals surface area contributed by atoms with Crippen LogP contribution in [0.3, 0.4) is 0 Å². The summed E-state index contributed by atoms with van der Waals surface area (Å²) in [5.74, 6) is 2.83. The maximum absolute atomic E-state index is 5.79. The van der Waals surface area contributed by atoms with Gasteiger partial charge in [0.15, 0.2) is 0 Å². The van der Waals surface area contributed by atoms with Crippen LogP contribution in [0.1, 0.15) is 24.2 Å². The molecule has 4 heterocycles. The first-order valence-electron chi connectivity index (χ1n) is 8.54. The van der Waals surface area contributed by atoms with Gasteiger partial charge in [0.2, 0.25) is 5.88 Å². The largest absolute Gasteiger partial charge is 0.476 e. The summed E-state index contributed by atoms with van der Waals surface area (Å²) in [4.78, 5) is 11.0. The minimum atomic E-state index is 0.522. The van der Waals surface area contributed by atoms with Crippen LogP contribution >= 0.6 is 0 Å². The quantitative estimate of drug-likeness (QED) is 0.717. The predicted molar refractivity (Wildman–Crippen MR) is 92.7 cm³/mol. The molecule has 8 nitrogen and oxygen atoms in total. The van der Waals surface area contributed by atoms with Crippen LogP contribution in [0.15, 0.2) is 24.5 Å². The van der Waals surface area contributed by atoms with Crippen molar-refractivity contribution in [3.8, 4) is 5.88 Å². The summed E-state index contributed by atoms with van der Waals surface area (Å²) in [6.45, 7) is 6.51. The Labute approximate surface area is 145 Å². The Hall–Kier alpha value is -2.77. The number of hydrogen-bond donors (Lipinski definition) is 0. The fourth-order valence-corrected chi connectivity index (χ4v) is 3.13.